The summed E-state index contributed by atoms with van der Waals surface area (Å²) in [4.78, 5) is 7.41. The van der Waals surface area contributed by atoms with Gasteiger partial charge in [0, 0.05) is 31.8 Å². The van der Waals surface area contributed by atoms with Gasteiger partial charge in [0.05, 0.1) is 23.2 Å². The lowest BCUT2D eigenvalue weighted by molar-refractivity contribution is -0.0151. The van der Waals surface area contributed by atoms with E-state index in [4.69, 9.17) is 21.3 Å². The topological polar surface area (TPSA) is 50.5 Å². The molecule has 0 amide bonds. The molecule has 0 saturated carbocycles. The number of imidazole rings is 1. The summed E-state index contributed by atoms with van der Waals surface area (Å²) in [5, 5.41) is 11.8. The second-order valence-electron chi connectivity index (χ2n) is 10.4. The zero-order valence-corrected chi connectivity index (χ0v) is 20.8. The second kappa shape index (κ2) is 8.70. The van der Waals surface area contributed by atoms with Gasteiger partial charge in [0.15, 0.2) is 0 Å². The molecule has 5 nitrogen and oxygen atoms in total. The number of fused-ring (bicyclic) bond motifs is 2. The molecule has 2 aromatic carbocycles. The maximum atomic E-state index is 10.9. The number of hydrogen-bond acceptors (Lipinski definition) is 4. The van der Waals surface area contributed by atoms with Gasteiger partial charge in [-0.3, -0.25) is 0 Å². The highest BCUT2D eigenvalue weighted by molar-refractivity contribution is 6.30. The molecule has 6 heteroatoms. The van der Waals surface area contributed by atoms with E-state index >= 15 is 0 Å². The third kappa shape index (κ3) is 4.44. The lowest BCUT2D eigenvalue weighted by Crippen LogP contribution is -2.47. The molecule has 1 aromatic heterocycles. The van der Waals surface area contributed by atoms with Gasteiger partial charge in [-0.2, -0.15) is 0 Å². The van der Waals surface area contributed by atoms with Gasteiger partial charge in [0.25, 0.3) is 0 Å². The zero-order valence-electron chi connectivity index (χ0n) is 20.0. The number of halogens is 1. The van der Waals surface area contributed by atoms with Crippen LogP contribution in [0.25, 0.3) is 11.0 Å². The van der Waals surface area contributed by atoms with Crippen molar-refractivity contribution in [2.24, 2.45) is 5.92 Å². The molecule has 5 rings (SSSR count). The number of rotatable bonds is 5. The molecule has 1 N–H and O–H groups in total. The van der Waals surface area contributed by atoms with Gasteiger partial charge in [-0.25, -0.2) is 4.98 Å². The molecule has 0 radical (unpaired) electrons. The Bertz CT molecular complexity index is 1170. The molecule has 2 aliphatic rings. The Kier molecular flexibility index (Phi) is 6.02. The predicted octanol–water partition coefficient (Wildman–Crippen LogP) is 4.90. The number of methoxy groups -OCH3 is 1. The molecule has 33 heavy (non-hydrogen) atoms. The van der Waals surface area contributed by atoms with Crippen LogP contribution in [-0.4, -0.2) is 52.4 Å². The van der Waals surface area contributed by atoms with Crippen LogP contribution in [0.4, 0.5) is 0 Å². The van der Waals surface area contributed by atoms with Crippen molar-refractivity contribution >= 4 is 22.6 Å². The average molecular weight is 468 g/mol. The molecule has 176 valence electrons. The van der Waals surface area contributed by atoms with Crippen molar-refractivity contribution in [3.8, 4) is 0 Å². The Morgan fingerprint density at radius 1 is 1.15 bits per heavy atom. The van der Waals surface area contributed by atoms with E-state index < -0.39 is 5.60 Å². The maximum absolute atomic E-state index is 10.9. The van der Waals surface area contributed by atoms with Crippen LogP contribution in [0.2, 0.25) is 5.02 Å². The maximum Gasteiger partial charge on any atom is 0.141 e. The van der Waals surface area contributed by atoms with Crippen molar-refractivity contribution in [2.75, 3.05) is 26.7 Å². The number of ether oxygens (including phenoxy) is 1. The van der Waals surface area contributed by atoms with Crippen molar-refractivity contribution in [3.63, 3.8) is 0 Å². The highest BCUT2D eigenvalue weighted by Crippen LogP contribution is 2.36. The Morgan fingerprint density at radius 3 is 2.70 bits per heavy atom. The highest BCUT2D eigenvalue weighted by atomic mass is 35.5. The minimum absolute atomic E-state index is 0.0387. The first-order valence-electron chi connectivity index (χ1n) is 12.0. The summed E-state index contributed by atoms with van der Waals surface area (Å²) in [5.41, 5.74) is 5.00. The number of benzene rings is 2. The molecule has 1 aliphatic carbocycles. The van der Waals surface area contributed by atoms with Crippen LogP contribution in [-0.2, 0) is 23.2 Å². The molecular formula is C27H34ClN3O2. The number of nitrogens with zero attached hydrogens (tertiary/aromatic N) is 3. The molecule has 0 bridgehead atoms. The van der Waals surface area contributed by atoms with Gasteiger partial charge < -0.3 is 19.3 Å². The van der Waals surface area contributed by atoms with E-state index in [9.17, 15) is 5.11 Å². The van der Waals surface area contributed by atoms with E-state index in [1.54, 1.807) is 0 Å². The number of piperidine rings is 1. The van der Waals surface area contributed by atoms with Gasteiger partial charge in [0.2, 0.25) is 0 Å². The standard InChI is InChI=1S/C27H34ClN3O2/c1-17-5-8-23-22(11-17)29-26(27(2,3)32)31(23)24-9-10-30(16-25(24)33-4)15-18-12-19-6-7-21(28)14-20(19)13-18/h5-8,11,14,18,24-25,32H,9-10,12-13,15-16H2,1-4H3/t18-,24+,25-/m0/s1. The van der Waals surface area contributed by atoms with Crippen molar-refractivity contribution in [1.82, 2.24) is 14.5 Å². The van der Waals surface area contributed by atoms with Crippen LogP contribution in [0.15, 0.2) is 36.4 Å². The fourth-order valence-corrected chi connectivity index (χ4v) is 6.00. The molecule has 3 atom stereocenters. The number of aryl methyl sites for hydroxylation is 1. The first-order valence-corrected chi connectivity index (χ1v) is 12.3. The number of likely N-dealkylation sites (tertiary alicyclic amines) is 1. The molecule has 0 unspecified atom stereocenters. The second-order valence-corrected chi connectivity index (χ2v) is 10.9. The number of hydrogen-bond donors (Lipinski definition) is 1. The molecule has 0 spiro atoms. The Hall–Kier alpha value is -1.92. The molecule has 3 aromatic rings. The zero-order chi connectivity index (χ0) is 23.3. The SMILES string of the molecule is CO[C@H]1CN(C[C@H]2Cc3ccc(Cl)cc3C2)CC[C@H]1n1c(C(C)(C)O)nc2cc(C)ccc21. The minimum Gasteiger partial charge on any atom is -0.383 e. The highest BCUT2D eigenvalue weighted by Gasteiger charge is 2.37. The van der Waals surface area contributed by atoms with Gasteiger partial charge in [-0.15, -0.1) is 0 Å². The van der Waals surface area contributed by atoms with E-state index in [1.165, 1.54) is 16.7 Å². The fraction of sp³-hybridized carbons (Fsp3) is 0.519. The molecule has 1 saturated heterocycles. The number of aliphatic hydroxyl groups is 1. The minimum atomic E-state index is -1.03. The summed E-state index contributed by atoms with van der Waals surface area (Å²) >= 11 is 6.21. The van der Waals surface area contributed by atoms with Crippen molar-refractivity contribution in [2.45, 2.75) is 57.8 Å². The Morgan fingerprint density at radius 2 is 1.94 bits per heavy atom. The molecule has 1 aliphatic heterocycles. The smallest absolute Gasteiger partial charge is 0.141 e. The summed E-state index contributed by atoms with van der Waals surface area (Å²) in [5.74, 6) is 1.34. The van der Waals surface area contributed by atoms with Crippen molar-refractivity contribution < 1.29 is 9.84 Å². The normalized spacial score (nSPS) is 23.9. The Labute approximate surface area is 201 Å². The van der Waals surface area contributed by atoms with E-state index in [2.05, 4.69) is 46.7 Å². The molecule has 1 fully saturated rings. The van der Waals surface area contributed by atoms with Crippen LogP contribution < -0.4 is 0 Å². The molecular weight excluding hydrogens is 434 g/mol. The van der Waals surface area contributed by atoms with Gasteiger partial charge in [0.1, 0.15) is 11.4 Å². The first-order chi connectivity index (χ1) is 15.7. The van der Waals surface area contributed by atoms with Crippen molar-refractivity contribution in [3.05, 3.63) is 63.9 Å². The Balaban J connectivity index is 1.36. The van der Waals surface area contributed by atoms with Gasteiger partial charge in [-0.05, 0) is 86.9 Å². The lowest BCUT2D eigenvalue weighted by atomic mass is 9.97. The lowest BCUT2D eigenvalue weighted by Gasteiger charge is -2.40. The third-order valence-electron chi connectivity index (χ3n) is 7.34. The summed E-state index contributed by atoms with van der Waals surface area (Å²) in [6.07, 6.45) is 3.23. The predicted molar refractivity (Wildman–Crippen MR) is 133 cm³/mol. The number of aromatic nitrogens is 2. The summed E-state index contributed by atoms with van der Waals surface area (Å²) in [7, 11) is 1.81. The van der Waals surface area contributed by atoms with Gasteiger partial charge >= 0.3 is 0 Å². The van der Waals surface area contributed by atoms with E-state index in [1.807, 2.05) is 27.0 Å². The summed E-state index contributed by atoms with van der Waals surface area (Å²) in [6.45, 7) is 8.67. The van der Waals surface area contributed by atoms with E-state index in [0.717, 1.165) is 55.0 Å². The van der Waals surface area contributed by atoms with Crippen LogP contribution in [0.5, 0.6) is 0 Å². The van der Waals surface area contributed by atoms with Crippen molar-refractivity contribution in [1.29, 1.82) is 0 Å². The van der Waals surface area contributed by atoms with Crippen LogP contribution in [0.1, 0.15) is 48.8 Å². The molecule has 2 heterocycles. The van der Waals surface area contributed by atoms with Crippen LogP contribution in [0, 0.1) is 12.8 Å². The third-order valence-corrected chi connectivity index (χ3v) is 7.57. The quantitative estimate of drug-likeness (QED) is 0.579. The van der Waals surface area contributed by atoms with Gasteiger partial charge in [-0.1, -0.05) is 23.7 Å². The van der Waals surface area contributed by atoms with Crippen LogP contribution in [0.3, 0.4) is 0 Å². The largest absolute Gasteiger partial charge is 0.383 e. The van der Waals surface area contributed by atoms with E-state index in [-0.39, 0.29) is 12.1 Å². The summed E-state index contributed by atoms with van der Waals surface area (Å²) < 4.78 is 8.29. The first kappa shape index (κ1) is 22.9. The fourth-order valence-electron chi connectivity index (χ4n) is 5.81. The average Bonchev–Trinajstić information content (AvgIpc) is 3.33. The monoisotopic (exact) mass is 467 g/mol. The summed E-state index contributed by atoms with van der Waals surface area (Å²) in [6, 6.07) is 12.8. The van der Waals surface area contributed by atoms with E-state index in [0.29, 0.717) is 11.7 Å². The van der Waals surface area contributed by atoms with Crippen LogP contribution >= 0.6 is 11.6 Å².